The van der Waals surface area contributed by atoms with Gasteiger partial charge < -0.3 is 5.32 Å². The summed E-state index contributed by atoms with van der Waals surface area (Å²) in [6.07, 6.45) is 0. The Hall–Kier alpha value is -1.66. The van der Waals surface area contributed by atoms with E-state index in [1.165, 1.54) is 31.3 Å². The van der Waals surface area contributed by atoms with Crippen LogP contribution in [0.5, 0.6) is 0 Å². The molecule has 2 aromatic rings. The maximum Gasteiger partial charge on any atom is 0.200 e. The molecule has 0 radical (unpaired) electrons. The quantitative estimate of drug-likeness (QED) is 0.503. The first kappa shape index (κ1) is 15.7. The van der Waals surface area contributed by atoms with Gasteiger partial charge in [-0.05, 0) is 24.7 Å². The maximum atomic E-state index is 13.8. The summed E-state index contributed by atoms with van der Waals surface area (Å²) in [5.74, 6) is -9.89. The first-order valence-electron chi connectivity index (χ1n) is 5.82. The molecular formula is C14H9ClF5N. The Balaban J connectivity index is 2.69. The van der Waals surface area contributed by atoms with Crippen molar-refractivity contribution in [3.8, 4) is 0 Å². The van der Waals surface area contributed by atoms with E-state index in [1.54, 1.807) is 0 Å². The van der Waals surface area contributed by atoms with Crippen LogP contribution in [0.4, 0.5) is 22.0 Å². The molecule has 21 heavy (non-hydrogen) atoms. The van der Waals surface area contributed by atoms with Gasteiger partial charge in [-0.25, -0.2) is 22.0 Å². The second-order valence-corrected chi connectivity index (χ2v) is 4.70. The van der Waals surface area contributed by atoms with Crippen LogP contribution >= 0.6 is 11.6 Å². The molecule has 0 bridgehead atoms. The largest absolute Gasteiger partial charge is 0.309 e. The zero-order valence-corrected chi connectivity index (χ0v) is 11.4. The minimum atomic E-state index is -2.19. The highest BCUT2D eigenvalue weighted by molar-refractivity contribution is 6.30. The summed E-state index contributed by atoms with van der Waals surface area (Å²) in [6.45, 7) is 0. The topological polar surface area (TPSA) is 12.0 Å². The van der Waals surface area contributed by atoms with Crippen molar-refractivity contribution in [1.82, 2.24) is 5.32 Å². The van der Waals surface area contributed by atoms with Crippen molar-refractivity contribution >= 4 is 11.6 Å². The molecule has 0 saturated carbocycles. The normalized spacial score (nSPS) is 12.5. The van der Waals surface area contributed by atoms with Gasteiger partial charge in [-0.15, -0.1) is 0 Å². The molecule has 0 spiro atoms. The molecule has 0 aliphatic rings. The molecule has 0 fully saturated rings. The van der Waals surface area contributed by atoms with Crippen LogP contribution in [-0.4, -0.2) is 7.05 Å². The predicted molar refractivity (Wildman–Crippen MR) is 68.6 cm³/mol. The van der Waals surface area contributed by atoms with Gasteiger partial charge in [0.1, 0.15) is 0 Å². The van der Waals surface area contributed by atoms with Crippen LogP contribution in [0.25, 0.3) is 0 Å². The Morgan fingerprint density at radius 3 is 1.90 bits per heavy atom. The number of benzene rings is 2. The summed E-state index contributed by atoms with van der Waals surface area (Å²) in [5, 5.41) is 2.80. The number of nitrogens with one attached hydrogen (secondary N) is 1. The average molecular weight is 322 g/mol. The van der Waals surface area contributed by atoms with E-state index in [1.807, 2.05) is 0 Å². The second-order valence-electron chi connectivity index (χ2n) is 4.26. The molecule has 0 aromatic heterocycles. The Labute approximate surface area is 122 Å². The van der Waals surface area contributed by atoms with Crippen LogP contribution in [0.15, 0.2) is 24.3 Å². The number of hydrogen-bond acceptors (Lipinski definition) is 1. The Morgan fingerprint density at radius 1 is 0.905 bits per heavy atom. The van der Waals surface area contributed by atoms with E-state index in [2.05, 4.69) is 5.32 Å². The van der Waals surface area contributed by atoms with Gasteiger partial charge in [0.25, 0.3) is 0 Å². The predicted octanol–water partition coefficient (Wildman–Crippen LogP) is 4.34. The van der Waals surface area contributed by atoms with Gasteiger partial charge in [-0.2, -0.15) is 0 Å². The number of hydrogen-bond donors (Lipinski definition) is 1. The van der Waals surface area contributed by atoms with Gasteiger partial charge in [0.2, 0.25) is 5.82 Å². The minimum absolute atomic E-state index is 0.271. The molecular weight excluding hydrogens is 313 g/mol. The molecule has 0 aliphatic heterocycles. The molecule has 2 aromatic carbocycles. The summed E-state index contributed by atoms with van der Waals surface area (Å²) in [5.41, 5.74) is -0.677. The van der Waals surface area contributed by atoms with Crippen molar-refractivity contribution in [2.45, 2.75) is 6.04 Å². The Bertz CT molecular complexity index is 660. The van der Waals surface area contributed by atoms with E-state index in [0.717, 1.165) is 0 Å². The number of halogens is 6. The van der Waals surface area contributed by atoms with E-state index in [4.69, 9.17) is 11.6 Å². The van der Waals surface area contributed by atoms with Crippen LogP contribution in [0, 0.1) is 29.1 Å². The molecule has 0 heterocycles. The lowest BCUT2D eigenvalue weighted by atomic mass is 9.97. The molecule has 2 rings (SSSR count). The third-order valence-corrected chi connectivity index (χ3v) is 3.24. The lowest BCUT2D eigenvalue weighted by Crippen LogP contribution is -2.22. The molecule has 0 saturated heterocycles. The molecule has 1 nitrogen and oxygen atoms in total. The van der Waals surface area contributed by atoms with Crippen molar-refractivity contribution in [2.75, 3.05) is 7.05 Å². The standard InChI is InChI=1S/C14H9ClF5N/c1-21-14(6-3-2-4-7(15)5-6)8-9(16)11(18)13(20)12(19)10(8)17/h2-5,14,21H,1H3. The lowest BCUT2D eigenvalue weighted by Gasteiger charge is -2.19. The van der Waals surface area contributed by atoms with E-state index >= 15 is 0 Å². The Morgan fingerprint density at radius 2 is 1.43 bits per heavy atom. The van der Waals surface area contributed by atoms with Gasteiger partial charge in [0.05, 0.1) is 11.6 Å². The Kier molecular flexibility index (Phi) is 4.49. The average Bonchev–Trinajstić information content (AvgIpc) is 2.47. The fourth-order valence-electron chi connectivity index (χ4n) is 2.04. The van der Waals surface area contributed by atoms with Crippen LogP contribution < -0.4 is 5.32 Å². The molecule has 7 heteroatoms. The molecule has 1 N–H and O–H groups in total. The first-order valence-corrected chi connectivity index (χ1v) is 6.20. The van der Waals surface area contributed by atoms with Crippen LogP contribution in [-0.2, 0) is 0 Å². The third-order valence-electron chi connectivity index (χ3n) is 3.00. The van der Waals surface area contributed by atoms with Crippen molar-refractivity contribution in [3.05, 3.63) is 69.5 Å². The maximum absolute atomic E-state index is 13.8. The van der Waals surface area contributed by atoms with E-state index in [0.29, 0.717) is 0 Å². The van der Waals surface area contributed by atoms with Gasteiger partial charge in [0, 0.05) is 5.02 Å². The van der Waals surface area contributed by atoms with Crippen molar-refractivity contribution < 1.29 is 22.0 Å². The lowest BCUT2D eigenvalue weighted by molar-refractivity contribution is 0.364. The fourth-order valence-corrected chi connectivity index (χ4v) is 2.24. The summed E-state index contributed by atoms with van der Waals surface area (Å²) < 4.78 is 67.3. The summed E-state index contributed by atoms with van der Waals surface area (Å²) in [7, 11) is 1.34. The van der Waals surface area contributed by atoms with Gasteiger partial charge in [-0.3, -0.25) is 0 Å². The number of rotatable bonds is 3. The second kappa shape index (κ2) is 5.99. The summed E-state index contributed by atoms with van der Waals surface area (Å²) in [6, 6.07) is 4.64. The van der Waals surface area contributed by atoms with Gasteiger partial charge in [-0.1, -0.05) is 23.7 Å². The zero-order chi connectivity index (χ0) is 15.7. The molecule has 0 aliphatic carbocycles. The van der Waals surface area contributed by atoms with Crippen LogP contribution in [0.1, 0.15) is 17.2 Å². The van der Waals surface area contributed by atoms with Crippen LogP contribution in [0.3, 0.4) is 0 Å². The molecule has 1 atom stereocenters. The fraction of sp³-hybridized carbons (Fsp3) is 0.143. The van der Waals surface area contributed by atoms with Gasteiger partial charge >= 0.3 is 0 Å². The van der Waals surface area contributed by atoms with E-state index in [-0.39, 0.29) is 10.6 Å². The van der Waals surface area contributed by atoms with Crippen molar-refractivity contribution in [1.29, 1.82) is 0 Å². The van der Waals surface area contributed by atoms with Crippen LogP contribution in [0.2, 0.25) is 5.02 Å². The van der Waals surface area contributed by atoms with E-state index < -0.39 is 40.7 Å². The smallest absolute Gasteiger partial charge is 0.200 e. The highest BCUT2D eigenvalue weighted by atomic mass is 35.5. The van der Waals surface area contributed by atoms with Crippen molar-refractivity contribution in [3.63, 3.8) is 0 Å². The molecule has 112 valence electrons. The molecule has 1 unspecified atom stereocenters. The SMILES string of the molecule is CNC(c1cccc(Cl)c1)c1c(F)c(F)c(F)c(F)c1F. The van der Waals surface area contributed by atoms with Gasteiger partial charge in [0.15, 0.2) is 23.3 Å². The zero-order valence-electron chi connectivity index (χ0n) is 10.7. The highest BCUT2D eigenvalue weighted by Crippen LogP contribution is 2.32. The third kappa shape index (κ3) is 2.73. The van der Waals surface area contributed by atoms with Crippen molar-refractivity contribution in [2.24, 2.45) is 0 Å². The minimum Gasteiger partial charge on any atom is -0.309 e. The molecule has 0 amide bonds. The summed E-state index contributed by atoms with van der Waals surface area (Å²) in [4.78, 5) is 0. The summed E-state index contributed by atoms with van der Waals surface area (Å²) >= 11 is 5.78. The first-order chi connectivity index (χ1) is 9.88. The highest BCUT2D eigenvalue weighted by Gasteiger charge is 2.30. The monoisotopic (exact) mass is 321 g/mol. The van der Waals surface area contributed by atoms with E-state index in [9.17, 15) is 22.0 Å².